The summed E-state index contributed by atoms with van der Waals surface area (Å²) in [5, 5.41) is 0. The van der Waals surface area contributed by atoms with Crippen molar-refractivity contribution in [2.45, 2.75) is 0 Å². The van der Waals surface area contributed by atoms with Crippen LogP contribution in [0, 0.1) is 0 Å². The molecule has 0 aliphatic carbocycles. The first-order chi connectivity index (χ1) is 1.91. The van der Waals surface area contributed by atoms with Crippen molar-refractivity contribution in [3.05, 3.63) is 0 Å². The second kappa shape index (κ2) is 15.8. The summed E-state index contributed by atoms with van der Waals surface area (Å²) in [6, 6.07) is 0. The Labute approximate surface area is 72.8 Å². The van der Waals surface area contributed by atoms with E-state index in [9.17, 15) is 0 Å². The molecule has 0 bridgehead atoms. The fraction of sp³-hybridized carbons (Fsp3) is 0. The van der Waals surface area contributed by atoms with E-state index in [-0.39, 0.29) is 42.1 Å². The molecule has 0 fully saturated rings. The molecule has 0 unspecified atom stereocenters. The van der Waals surface area contributed by atoms with E-state index >= 15 is 0 Å². The smallest absolute Gasteiger partial charge is 0.0894 e. The third kappa shape index (κ3) is 16.7. The third-order valence-corrected chi connectivity index (χ3v) is 0.300. The Bertz CT molecular complexity index is 11.5. The zero-order valence-electron chi connectivity index (χ0n) is 2.53. The quantitative estimate of drug-likeness (QED) is 0.434. The summed E-state index contributed by atoms with van der Waals surface area (Å²) in [6.07, 6.45) is 0. The Kier molecular flexibility index (Phi) is 41.2. The van der Waals surface area contributed by atoms with Gasteiger partial charge in [0.1, 0.15) is 0 Å². The van der Waals surface area contributed by atoms with Crippen molar-refractivity contribution in [2.75, 3.05) is 0 Å². The maximum atomic E-state index is 7.50. The summed E-state index contributed by atoms with van der Waals surface area (Å²) in [7, 11) is 0. The van der Waals surface area contributed by atoms with Crippen LogP contribution < -0.4 is 0 Å². The van der Waals surface area contributed by atoms with Gasteiger partial charge in [-0.2, -0.15) is 0 Å². The minimum Gasteiger partial charge on any atom is -0.319 e. The van der Waals surface area contributed by atoms with Crippen LogP contribution in [-0.2, 0) is 42.1 Å². The van der Waals surface area contributed by atoms with Crippen molar-refractivity contribution < 1.29 is 51.2 Å². The van der Waals surface area contributed by atoms with Crippen LogP contribution in [0.3, 0.4) is 0 Å². The summed E-state index contributed by atoms with van der Waals surface area (Å²) < 4.78 is 15.0. The van der Waals surface area contributed by atoms with E-state index in [1.54, 1.807) is 0 Å². The van der Waals surface area contributed by atoms with Gasteiger partial charge < -0.3 is 9.11 Å². The van der Waals surface area contributed by atoms with E-state index < -0.39 is 0 Å². The van der Waals surface area contributed by atoms with Crippen molar-refractivity contribution in [1.29, 1.82) is 0 Å². The average molecular weight is 290 g/mol. The monoisotopic (exact) mass is 294 g/mol. The van der Waals surface area contributed by atoms with Crippen LogP contribution in [0.15, 0.2) is 0 Å². The van der Waals surface area contributed by atoms with Crippen LogP contribution in [0.25, 0.3) is 0 Å². The van der Waals surface area contributed by atoms with Crippen LogP contribution in [0.4, 0.5) is 0 Å². The second-order valence-corrected chi connectivity index (χ2v) is 1.34. The summed E-state index contributed by atoms with van der Waals surface area (Å²) >= 11 is 0.657. The van der Waals surface area contributed by atoms with Crippen LogP contribution >= 0.6 is 22.1 Å². The van der Waals surface area contributed by atoms with E-state index in [2.05, 4.69) is 0 Å². The molecule has 6 heteroatoms. The number of hydrogen-bond donors (Lipinski definition) is 2. The van der Waals surface area contributed by atoms with Crippen LogP contribution in [0.2, 0.25) is 0 Å². The molecule has 38 valence electrons. The van der Waals surface area contributed by atoms with E-state index in [1.165, 1.54) is 0 Å². The van der Waals surface area contributed by atoms with Crippen molar-refractivity contribution in [3.8, 4) is 0 Å². The van der Waals surface area contributed by atoms with Crippen molar-refractivity contribution in [3.63, 3.8) is 0 Å². The van der Waals surface area contributed by atoms with Gasteiger partial charge in [0.25, 0.3) is 0 Å². The molecule has 0 spiro atoms. The van der Waals surface area contributed by atoms with Gasteiger partial charge in [0.2, 0.25) is 0 Å². The van der Waals surface area contributed by atoms with Crippen molar-refractivity contribution in [1.82, 2.24) is 0 Å². The molecule has 0 atom stereocenters. The summed E-state index contributed by atoms with van der Waals surface area (Å²) in [6.45, 7) is 0. The van der Waals surface area contributed by atoms with E-state index in [1.807, 2.05) is 0 Å². The van der Waals surface area contributed by atoms with Gasteiger partial charge in [-0.25, -0.2) is 0 Å². The molecule has 0 aliphatic rings. The Morgan fingerprint density at radius 3 is 1.00 bits per heavy atom. The molecule has 0 saturated heterocycles. The number of rotatable bonds is 1. The van der Waals surface area contributed by atoms with E-state index in [0.717, 1.165) is 0 Å². The van der Waals surface area contributed by atoms with Crippen LogP contribution in [0.1, 0.15) is 0 Å². The zero-order valence-corrected chi connectivity index (χ0v) is 8.17. The molecule has 0 aromatic rings. The molecule has 0 rings (SSSR count). The average Bonchev–Trinajstić information content (AvgIpc) is 1.37. The molecule has 0 aromatic heterocycles. The minimum atomic E-state index is 0. The van der Waals surface area contributed by atoms with Gasteiger partial charge in [0, 0.05) is 42.1 Å². The molecule has 0 aromatic carbocycles. The Morgan fingerprint density at radius 2 is 1.00 bits per heavy atom. The van der Waals surface area contributed by atoms with Gasteiger partial charge in [-0.05, 0) is 0 Å². The Hall–Kier alpha value is 2.00. The molecule has 0 radical (unpaired) electrons. The normalized spacial score (nSPS) is 5.00. The molecule has 2 nitrogen and oxygen atoms in total. The predicted molar refractivity (Wildman–Crippen MR) is 20.4 cm³/mol. The maximum Gasteiger partial charge on any atom is 0.0894 e. The summed E-state index contributed by atoms with van der Waals surface area (Å²) in [4.78, 5) is 0. The van der Waals surface area contributed by atoms with Crippen LogP contribution in [-0.4, -0.2) is 9.11 Å². The van der Waals surface area contributed by atoms with Gasteiger partial charge in [0.05, 0.1) is 22.1 Å². The first-order valence-electron chi connectivity index (χ1n) is 0.532. The molecule has 0 heterocycles. The summed E-state index contributed by atoms with van der Waals surface area (Å²) in [5.74, 6) is 0. The van der Waals surface area contributed by atoms with Crippen molar-refractivity contribution in [2.24, 2.45) is 0 Å². The molecular weight excluding hydrogens is 288 g/mol. The Balaban J connectivity index is -0.0000000450. The molecular formula is H2Mo2O2S2. The summed E-state index contributed by atoms with van der Waals surface area (Å²) in [5.41, 5.74) is 0. The third-order valence-electron chi connectivity index (χ3n) is 0.0333. The predicted octanol–water partition coefficient (Wildman–Crippen LogP) is 1.31. The SMILES string of the molecule is OSSO.[Mo].[Mo]. The molecule has 0 amide bonds. The molecule has 0 aliphatic heterocycles. The van der Waals surface area contributed by atoms with E-state index in [4.69, 9.17) is 9.11 Å². The fourth-order valence-electron chi connectivity index (χ4n) is 0. The minimum absolute atomic E-state index is 0. The molecule has 6 heavy (non-hydrogen) atoms. The fourth-order valence-corrected chi connectivity index (χ4v) is 0. The Morgan fingerprint density at radius 1 is 0.833 bits per heavy atom. The first kappa shape index (κ1) is 15.7. The van der Waals surface area contributed by atoms with Gasteiger partial charge in [-0.1, -0.05) is 0 Å². The van der Waals surface area contributed by atoms with Crippen molar-refractivity contribution >= 4 is 22.1 Å². The zero-order chi connectivity index (χ0) is 3.41. The first-order valence-corrected chi connectivity index (χ1v) is 2.60. The van der Waals surface area contributed by atoms with Crippen LogP contribution in [0.5, 0.6) is 0 Å². The van der Waals surface area contributed by atoms with Gasteiger partial charge in [-0.3, -0.25) is 0 Å². The second-order valence-electron chi connectivity index (χ2n) is 0.149. The maximum absolute atomic E-state index is 7.50. The standard InChI is InChI=1S/2Mo.H2O2S2/c;;1-3-4-2/h;;1-2H. The topological polar surface area (TPSA) is 40.5 Å². The van der Waals surface area contributed by atoms with Gasteiger partial charge in [-0.15, -0.1) is 0 Å². The van der Waals surface area contributed by atoms with E-state index in [0.29, 0.717) is 22.1 Å². The van der Waals surface area contributed by atoms with Gasteiger partial charge in [0.15, 0.2) is 0 Å². The largest absolute Gasteiger partial charge is 0.319 e. The number of hydrogen-bond acceptors (Lipinski definition) is 4. The molecule has 0 saturated carbocycles. The molecule has 2 N–H and O–H groups in total. The van der Waals surface area contributed by atoms with Gasteiger partial charge >= 0.3 is 0 Å².